The van der Waals surface area contributed by atoms with E-state index in [9.17, 15) is 12.8 Å². The molecule has 2 N–H and O–H groups in total. The van der Waals surface area contributed by atoms with Crippen molar-refractivity contribution in [1.29, 1.82) is 0 Å². The summed E-state index contributed by atoms with van der Waals surface area (Å²) in [5, 5.41) is 6.09. The number of sulfone groups is 1. The molecule has 0 heterocycles. The van der Waals surface area contributed by atoms with E-state index in [0.29, 0.717) is 19.0 Å². The fraction of sp³-hybridized carbons (Fsp3) is 0.533. The van der Waals surface area contributed by atoms with Gasteiger partial charge in [-0.3, -0.25) is 0 Å². The summed E-state index contributed by atoms with van der Waals surface area (Å²) < 4.78 is 35.4. The Morgan fingerprint density at radius 1 is 1.22 bits per heavy atom. The Labute approximate surface area is 155 Å². The second-order valence-corrected chi connectivity index (χ2v) is 8.36. The zero-order valence-electron chi connectivity index (χ0n) is 13.9. The van der Waals surface area contributed by atoms with Gasteiger partial charge in [0.1, 0.15) is 5.82 Å². The molecule has 1 rings (SSSR count). The van der Waals surface area contributed by atoms with Crippen LogP contribution < -0.4 is 10.6 Å². The first-order valence-corrected chi connectivity index (χ1v) is 9.01. The SMILES string of the molecule is CCNC(=NCc1ccc(F)cc1)NCC(C)(C)S(C)(=O)=O.I. The smallest absolute Gasteiger partial charge is 0.191 e. The highest BCUT2D eigenvalue weighted by molar-refractivity contribution is 14.0. The van der Waals surface area contributed by atoms with E-state index in [2.05, 4.69) is 15.6 Å². The molecule has 0 spiro atoms. The van der Waals surface area contributed by atoms with Gasteiger partial charge in [0, 0.05) is 19.3 Å². The molecule has 0 aromatic heterocycles. The molecule has 0 saturated carbocycles. The fourth-order valence-electron chi connectivity index (χ4n) is 1.53. The molecule has 23 heavy (non-hydrogen) atoms. The van der Waals surface area contributed by atoms with Crippen molar-refractivity contribution in [3.05, 3.63) is 35.6 Å². The van der Waals surface area contributed by atoms with Crippen LogP contribution in [0.1, 0.15) is 26.3 Å². The first-order chi connectivity index (χ1) is 10.2. The Morgan fingerprint density at radius 3 is 2.26 bits per heavy atom. The van der Waals surface area contributed by atoms with E-state index in [1.807, 2.05) is 6.92 Å². The standard InChI is InChI=1S/C15H24FN3O2S.HI/c1-5-17-14(19-11-15(2,3)22(4,20)21)18-10-12-6-8-13(16)9-7-12;/h6-9H,5,10-11H2,1-4H3,(H2,17,18,19);1H. The van der Waals surface area contributed by atoms with Gasteiger partial charge in [0.05, 0.1) is 11.3 Å². The van der Waals surface area contributed by atoms with E-state index in [-0.39, 0.29) is 36.3 Å². The molecule has 0 radical (unpaired) electrons. The van der Waals surface area contributed by atoms with Gasteiger partial charge < -0.3 is 10.6 Å². The molecule has 0 amide bonds. The van der Waals surface area contributed by atoms with Crippen LogP contribution in [0.5, 0.6) is 0 Å². The second kappa shape index (κ2) is 9.41. The predicted octanol–water partition coefficient (Wildman–Crippen LogP) is 2.32. The Morgan fingerprint density at radius 2 is 1.78 bits per heavy atom. The Balaban J connectivity index is 0.00000484. The number of hydrogen-bond donors (Lipinski definition) is 2. The molecule has 0 fully saturated rings. The van der Waals surface area contributed by atoms with Crippen LogP contribution in [0, 0.1) is 5.82 Å². The van der Waals surface area contributed by atoms with Crippen LogP contribution in [-0.2, 0) is 16.4 Å². The van der Waals surface area contributed by atoms with E-state index in [1.165, 1.54) is 18.4 Å². The quantitative estimate of drug-likeness (QED) is 0.391. The molecule has 1 aromatic rings. The number of halogens is 2. The molecule has 0 unspecified atom stereocenters. The maximum atomic E-state index is 12.9. The zero-order valence-corrected chi connectivity index (χ0v) is 17.0. The molecule has 132 valence electrons. The van der Waals surface area contributed by atoms with E-state index in [1.54, 1.807) is 26.0 Å². The summed E-state index contributed by atoms with van der Waals surface area (Å²) >= 11 is 0. The summed E-state index contributed by atoms with van der Waals surface area (Å²) in [6.45, 7) is 6.55. The minimum atomic E-state index is -3.17. The van der Waals surface area contributed by atoms with Crippen molar-refractivity contribution >= 4 is 39.8 Å². The number of aliphatic imine (C=N–C) groups is 1. The number of guanidine groups is 1. The number of benzene rings is 1. The van der Waals surface area contributed by atoms with Gasteiger partial charge in [-0.25, -0.2) is 17.8 Å². The third-order valence-corrected chi connectivity index (χ3v) is 5.51. The van der Waals surface area contributed by atoms with Gasteiger partial charge in [0.25, 0.3) is 0 Å². The summed E-state index contributed by atoms with van der Waals surface area (Å²) in [7, 11) is -3.17. The molecule has 0 bridgehead atoms. The fourth-order valence-corrected chi connectivity index (χ4v) is 1.86. The van der Waals surface area contributed by atoms with Gasteiger partial charge in [-0.1, -0.05) is 12.1 Å². The minimum Gasteiger partial charge on any atom is -0.357 e. The van der Waals surface area contributed by atoms with Gasteiger partial charge in [-0.05, 0) is 38.5 Å². The number of rotatable bonds is 6. The van der Waals surface area contributed by atoms with E-state index >= 15 is 0 Å². The molecular formula is C15H25FIN3O2S. The third-order valence-electron chi connectivity index (χ3n) is 3.36. The highest BCUT2D eigenvalue weighted by atomic mass is 127. The van der Waals surface area contributed by atoms with Crippen LogP contribution in [0.4, 0.5) is 4.39 Å². The lowest BCUT2D eigenvalue weighted by atomic mass is 10.2. The van der Waals surface area contributed by atoms with Crippen LogP contribution >= 0.6 is 24.0 Å². The lowest BCUT2D eigenvalue weighted by Crippen LogP contribution is -2.47. The van der Waals surface area contributed by atoms with Gasteiger partial charge in [-0.15, -0.1) is 24.0 Å². The van der Waals surface area contributed by atoms with Crippen LogP contribution in [0.3, 0.4) is 0 Å². The van der Waals surface area contributed by atoms with Gasteiger partial charge in [-0.2, -0.15) is 0 Å². The highest BCUT2D eigenvalue weighted by Crippen LogP contribution is 2.13. The summed E-state index contributed by atoms with van der Waals surface area (Å²) in [4.78, 5) is 4.38. The second-order valence-electron chi connectivity index (χ2n) is 5.71. The first-order valence-electron chi connectivity index (χ1n) is 7.12. The maximum Gasteiger partial charge on any atom is 0.191 e. The zero-order chi connectivity index (χ0) is 16.8. The maximum absolute atomic E-state index is 12.9. The van der Waals surface area contributed by atoms with Gasteiger partial charge in [0.2, 0.25) is 0 Å². The summed E-state index contributed by atoms with van der Waals surface area (Å²) in [5.74, 6) is 0.246. The molecule has 1 aromatic carbocycles. The van der Waals surface area contributed by atoms with Crippen LogP contribution in [-0.4, -0.2) is 38.5 Å². The summed E-state index contributed by atoms with van der Waals surface area (Å²) in [5.41, 5.74) is 0.876. The predicted molar refractivity (Wildman–Crippen MR) is 104 cm³/mol. The molecule has 0 atom stereocenters. The Bertz CT molecular complexity index is 616. The number of nitrogens with zero attached hydrogens (tertiary/aromatic N) is 1. The van der Waals surface area contributed by atoms with Crippen molar-refractivity contribution in [3.63, 3.8) is 0 Å². The molecule has 8 heteroatoms. The van der Waals surface area contributed by atoms with Gasteiger partial charge in [0.15, 0.2) is 15.8 Å². The highest BCUT2D eigenvalue weighted by Gasteiger charge is 2.30. The van der Waals surface area contributed by atoms with Crippen molar-refractivity contribution in [1.82, 2.24) is 10.6 Å². The van der Waals surface area contributed by atoms with Gasteiger partial charge >= 0.3 is 0 Å². The Kier molecular flexibility index (Phi) is 9.04. The number of nitrogens with one attached hydrogen (secondary N) is 2. The monoisotopic (exact) mass is 457 g/mol. The van der Waals surface area contributed by atoms with E-state index < -0.39 is 14.6 Å². The molecular weight excluding hydrogens is 432 g/mol. The van der Waals surface area contributed by atoms with Crippen molar-refractivity contribution in [3.8, 4) is 0 Å². The molecule has 5 nitrogen and oxygen atoms in total. The van der Waals surface area contributed by atoms with Crippen molar-refractivity contribution in [2.45, 2.75) is 32.1 Å². The average Bonchev–Trinajstić information content (AvgIpc) is 2.42. The third kappa shape index (κ3) is 7.47. The summed E-state index contributed by atoms with van der Waals surface area (Å²) in [6.07, 6.45) is 1.22. The minimum absolute atomic E-state index is 0. The van der Waals surface area contributed by atoms with Crippen LogP contribution in [0.25, 0.3) is 0 Å². The molecule has 0 aliphatic carbocycles. The van der Waals surface area contributed by atoms with Crippen molar-refractivity contribution in [2.75, 3.05) is 19.3 Å². The van der Waals surface area contributed by atoms with Crippen LogP contribution in [0.15, 0.2) is 29.3 Å². The number of hydrogen-bond acceptors (Lipinski definition) is 3. The van der Waals surface area contributed by atoms with Crippen molar-refractivity contribution in [2.24, 2.45) is 4.99 Å². The lowest BCUT2D eigenvalue weighted by Gasteiger charge is -2.24. The lowest BCUT2D eigenvalue weighted by molar-refractivity contribution is 0.544. The van der Waals surface area contributed by atoms with E-state index in [0.717, 1.165) is 5.56 Å². The largest absolute Gasteiger partial charge is 0.357 e. The molecule has 0 aliphatic rings. The average molecular weight is 457 g/mol. The topological polar surface area (TPSA) is 70.6 Å². The van der Waals surface area contributed by atoms with Crippen LogP contribution in [0.2, 0.25) is 0 Å². The Hall–Kier alpha value is -0.900. The van der Waals surface area contributed by atoms with Crippen molar-refractivity contribution < 1.29 is 12.8 Å². The summed E-state index contributed by atoms with van der Waals surface area (Å²) in [6, 6.07) is 6.11. The normalized spacial score (nSPS) is 12.5. The molecule has 0 saturated heterocycles. The molecule has 0 aliphatic heterocycles. The first kappa shape index (κ1) is 22.1. The van der Waals surface area contributed by atoms with E-state index in [4.69, 9.17) is 0 Å².